The number of hydrogen-bond acceptors (Lipinski definition) is 4. The third-order valence-electron chi connectivity index (χ3n) is 12.3. The first-order valence-electron chi connectivity index (χ1n) is 19.4. The minimum atomic E-state index is -0.391. The molecule has 264 valence electrons. The first-order valence-corrected chi connectivity index (χ1v) is 20.2. The van der Waals surface area contributed by atoms with Crippen LogP contribution in [0.3, 0.4) is 0 Å². The topological polar surface area (TPSA) is 38.9 Å². The lowest BCUT2D eigenvalue weighted by Gasteiger charge is -2.30. The number of thiophene rings is 1. The van der Waals surface area contributed by atoms with Crippen LogP contribution in [0.25, 0.3) is 98.3 Å². The average Bonchev–Trinajstić information content (AvgIpc) is 4.01. The summed E-state index contributed by atoms with van der Waals surface area (Å²) in [7, 11) is 0. The van der Waals surface area contributed by atoms with Crippen molar-refractivity contribution in [2.24, 2.45) is 0 Å². The molecule has 0 N–H and O–H groups in total. The molecule has 0 fully saturated rings. The van der Waals surface area contributed by atoms with Gasteiger partial charge in [-0.2, -0.15) is 0 Å². The minimum absolute atomic E-state index is 0.391. The van der Waals surface area contributed by atoms with Gasteiger partial charge in [-0.05, 0) is 68.3 Å². The van der Waals surface area contributed by atoms with Crippen LogP contribution in [-0.4, -0.2) is 9.97 Å². The number of hydrogen-bond donors (Lipinski definition) is 0. The Morgan fingerprint density at radius 3 is 1.81 bits per heavy atom. The van der Waals surface area contributed by atoms with Crippen molar-refractivity contribution in [3.05, 3.63) is 204 Å². The molecule has 0 unspecified atom stereocenters. The molecule has 0 atom stereocenters. The SMILES string of the molecule is c1ccc(-c2cccc3c2oc2cccc(-c4nc(-c5ccc6c(c5)-c5ccccc5C65c6ccccc6-c6ccccc65)c5sc6ccccc6c5n4)c23)cc1. The van der Waals surface area contributed by atoms with E-state index in [9.17, 15) is 0 Å². The van der Waals surface area contributed by atoms with Gasteiger partial charge in [0.05, 0.1) is 21.3 Å². The summed E-state index contributed by atoms with van der Waals surface area (Å²) in [4.78, 5) is 11.0. The van der Waals surface area contributed by atoms with E-state index >= 15 is 0 Å². The second-order valence-corrected chi connectivity index (χ2v) is 16.2. The van der Waals surface area contributed by atoms with Crippen LogP contribution in [0.5, 0.6) is 0 Å². The number of furan rings is 1. The molecule has 4 heteroatoms. The summed E-state index contributed by atoms with van der Waals surface area (Å²) in [6.07, 6.45) is 0. The van der Waals surface area contributed by atoms with Crippen LogP contribution in [0.4, 0.5) is 0 Å². The van der Waals surface area contributed by atoms with Gasteiger partial charge in [-0.25, -0.2) is 9.97 Å². The van der Waals surface area contributed by atoms with E-state index in [1.807, 2.05) is 6.07 Å². The molecule has 57 heavy (non-hydrogen) atoms. The summed E-state index contributed by atoms with van der Waals surface area (Å²) in [6.45, 7) is 0. The molecule has 0 amide bonds. The molecule has 11 aromatic rings. The molecule has 0 radical (unpaired) electrons. The van der Waals surface area contributed by atoms with Crippen LogP contribution in [0, 0.1) is 0 Å². The van der Waals surface area contributed by atoms with E-state index < -0.39 is 5.41 Å². The summed E-state index contributed by atoms with van der Waals surface area (Å²) in [5, 5.41) is 3.22. The lowest BCUT2D eigenvalue weighted by Crippen LogP contribution is -2.25. The standard InChI is InChI=1S/C53H30N2OS/c1-2-14-31(15-3-1)33-20-12-21-38-47-39(22-13-26-45(47)56-50(33)38)52-54-48(51-49(55-52)37-19-7-11-27-46(37)57-51)32-28-29-44-40(30-32)36-18-6-10-25-43(36)53(44)41-23-8-4-16-34(41)35-17-5-9-24-42(35)53/h1-30H. The molecule has 0 saturated heterocycles. The number of aromatic nitrogens is 2. The highest BCUT2D eigenvalue weighted by atomic mass is 32.1. The molecule has 3 heterocycles. The van der Waals surface area contributed by atoms with Gasteiger partial charge in [0.15, 0.2) is 5.82 Å². The number of fused-ring (bicyclic) bond motifs is 16. The van der Waals surface area contributed by atoms with Gasteiger partial charge in [-0.15, -0.1) is 11.3 Å². The summed E-state index contributed by atoms with van der Waals surface area (Å²) in [5.41, 5.74) is 17.9. The van der Waals surface area contributed by atoms with Crippen LogP contribution in [0.15, 0.2) is 186 Å². The summed E-state index contributed by atoms with van der Waals surface area (Å²) >= 11 is 1.77. The molecule has 8 aromatic carbocycles. The molecule has 2 aliphatic carbocycles. The first-order chi connectivity index (χ1) is 28.3. The van der Waals surface area contributed by atoms with Gasteiger partial charge in [0, 0.05) is 37.5 Å². The fourth-order valence-corrected chi connectivity index (χ4v) is 11.2. The lowest BCUT2D eigenvalue weighted by molar-refractivity contribution is 0.670. The van der Waals surface area contributed by atoms with Gasteiger partial charge >= 0.3 is 0 Å². The Balaban J connectivity index is 1.08. The van der Waals surface area contributed by atoms with E-state index in [4.69, 9.17) is 14.4 Å². The summed E-state index contributed by atoms with van der Waals surface area (Å²) < 4.78 is 8.97. The first kappa shape index (κ1) is 31.1. The molecule has 0 saturated carbocycles. The van der Waals surface area contributed by atoms with E-state index in [0.29, 0.717) is 5.82 Å². The third-order valence-corrected chi connectivity index (χ3v) is 13.5. The Labute approximate surface area is 332 Å². The van der Waals surface area contributed by atoms with E-state index in [2.05, 4.69) is 176 Å². The average molecular weight is 743 g/mol. The molecule has 3 nitrogen and oxygen atoms in total. The highest BCUT2D eigenvalue weighted by Gasteiger charge is 2.51. The molecule has 0 bridgehead atoms. The Kier molecular flexibility index (Phi) is 6.25. The fourth-order valence-electron chi connectivity index (χ4n) is 10.0. The van der Waals surface area contributed by atoms with Crippen molar-refractivity contribution in [3.8, 4) is 56.0 Å². The van der Waals surface area contributed by atoms with Crippen LogP contribution in [-0.2, 0) is 5.41 Å². The summed E-state index contributed by atoms with van der Waals surface area (Å²) in [6, 6.07) is 65.7. The maximum absolute atomic E-state index is 6.68. The van der Waals surface area contributed by atoms with Crippen LogP contribution in [0.2, 0.25) is 0 Å². The van der Waals surface area contributed by atoms with Crippen LogP contribution >= 0.6 is 11.3 Å². The van der Waals surface area contributed by atoms with Gasteiger partial charge in [0.2, 0.25) is 0 Å². The number of nitrogens with zero attached hydrogens (tertiary/aromatic N) is 2. The predicted octanol–water partition coefficient (Wildman–Crippen LogP) is 14.1. The molecule has 13 rings (SSSR count). The zero-order chi connectivity index (χ0) is 37.2. The Bertz CT molecular complexity index is 3440. The Hall–Kier alpha value is -7.14. The van der Waals surface area contributed by atoms with Crippen molar-refractivity contribution in [3.63, 3.8) is 0 Å². The Morgan fingerprint density at radius 1 is 0.439 bits per heavy atom. The van der Waals surface area contributed by atoms with Gasteiger partial charge < -0.3 is 4.42 Å². The van der Waals surface area contributed by atoms with Gasteiger partial charge in [0.1, 0.15) is 11.2 Å². The second-order valence-electron chi connectivity index (χ2n) is 15.1. The van der Waals surface area contributed by atoms with E-state index in [0.717, 1.165) is 65.5 Å². The molecule has 1 spiro atoms. The van der Waals surface area contributed by atoms with Gasteiger partial charge in [-0.3, -0.25) is 0 Å². The largest absolute Gasteiger partial charge is 0.455 e. The van der Waals surface area contributed by atoms with E-state index in [1.165, 1.54) is 49.2 Å². The zero-order valence-electron chi connectivity index (χ0n) is 30.5. The minimum Gasteiger partial charge on any atom is -0.455 e. The normalized spacial score (nSPS) is 13.4. The van der Waals surface area contributed by atoms with Crippen LogP contribution < -0.4 is 0 Å². The predicted molar refractivity (Wildman–Crippen MR) is 235 cm³/mol. The number of para-hydroxylation sites is 1. The molecular weight excluding hydrogens is 713 g/mol. The van der Waals surface area contributed by atoms with Crippen molar-refractivity contribution < 1.29 is 4.42 Å². The van der Waals surface area contributed by atoms with Gasteiger partial charge in [-0.1, -0.05) is 164 Å². The summed E-state index contributed by atoms with van der Waals surface area (Å²) in [5.74, 6) is 0.690. The van der Waals surface area contributed by atoms with E-state index in [-0.39, 0.29) is 0 Å². The third kappa shape index (κ3) is 4.10. The Morgan fingerprint density at radius 2 is 1.04 bits per heavy atom. The maximum atomic E-state index is 6.68. The monoisotopic (exact) mass is 742 g/mol. The zero-order valence-corrected chi connectivity index (χ0v) is 31.3. The van der Waals surface area contributed by atoms with E-state index in [1.54, 1.807) is 11.3 Å². The molecule has 3 aromatic heterocycles. The van der Waals surface area contributed by atoms with Crippen LogP contribution in [0.1, 0.15) is 22.3 Å². The highest BCUT2D eigenvalue weighted by Crippen LogP contribution is 2.63. The van der Waals surface area contributed by atoms with Crippen molar-refractivity contribution in [2.45, 2.75) is 5.41 Å². The number of benzene rings is 8. The molecule has 2 aliphatic rings. The quantitative estimate of drug-likeness (QED) is 0.181. The maximum Gasteiger partial charge on any atom is 0.161 e. The van der Waals surface area contributed by atoms with Crippen molar-refractivity contribution >= 4 is 53.6 Å². The molecular formula is C53H30N2OS. The molecule has 0 aliphatic heterocycles. The van der Waals surface area contributed by atoms with Gasteiger partial charge in [0.25, 0.3) is 0 Å². The van der Waals surface area contributed by atoms with Crippen molar-refractivity contribution in [1.82, 2.24) is 9.97 Å². The van der Waals surface area contributed by atoms with Crippen molar-refractivity contribution in [1.29, 1.82) is 0 Å². The van der Waals surface area contributed by atoms with Crippen molar-refractivity contribution in [2.75, 3.05) is 0 Å². The fraction of sp³-hybridized carbons (Fsp3) is 0.0189. The smallest absolute Gasteiger partial charge is 0.161 e. The number of rotatable bonds is 3. The second kappa shape index (κ2) is 11.5. The lowest BCUT2D eigenvalue weighted by atomic mass is 9.70. The highest BCUT2D eigenvalue weighted by molar-refractivity contribution is 7.26.